The Morgan fingerprint density at radius 2 is 1.92 bits per heavy atom. The molecule has 0 aliphatic carbocycles. The van der Waals surface area contributed by atoms with Crippen molar-refractivity contribution in [1.82, 2.24) is 15.1 Å². The van der Waals surface area contributed by atoms with Crippen LogP contribution in [-0.4, -0.2) is 46.0 Å². The van der Waals surface area contributed by atoms with Gasteiger partial charge < -0.3 is 9.80 Å². The molecule has 0 unspecified atom stereocenters. The molecule has 6 nitrogen and oxygen atoms in total. The van der Waals surface area contributed by atoms with Crippen molar-refractivity contribution in [2.24, 2.45) is 0 Å². The number of nitrogens with one attached hydrogen (secondary N) is 1. The van der Waals surface area contributed by atoms with Gasteiger partial charge in [0.2, 0.25) is 5.91 Å². The van der Waals surface area contributed by atoms with Gasteiger partial charge in [0.15, 0.2) is 0 Å². The summed E-state index contributed by atoms with van der Waals surface area (Å²) >= 11 is 0. The van der Waals surface area contributed by atoms with E-state index in [9.17, 15) is 9.59 Å². The quantitative estimate of drug-likeness (QED) is 0.903. The Bertz CT molecular complexity index is 862. The zero-order chi connectivity index (χ0) is 18.5. The maximum Gasteiger partial charge on any atom is 0.274 e. The first-order valence-corrected chi connectivity index (χ1v) is 9.18. The van der Waals surface area contributed by atoms with Gasteiger partial charge in [0, 0.05) is 30.5 Å². The Morgan fingerprint density at radius 3 is 2.54 bits per heavy atom. The molecule has 0 atom stereocenters. The number of nitrogens with zero attached hydrogens (tertiary/aromatic N) is 3. The molecule has 0 radical (unpaired) electrons. The number of para-hydroxylation sites is 1. The van der Waals surface area contributed by atoms with Crippen molar-refractivity contribution in [3.05, 3.63) is 47.3 Å². The summed E-state index contributed by atoms with van der Waals surface area (Å²) in [6, 6.07) is 9.98. The second kappa shape index (κ2) is 5.97. The molecule has 1 aromatic heterocycles. The Hall–Kier alpha value is -2.63. The first-order chi connectivity index (χ1) is 12.4. The average Bonchev–Trinajstić information content (AvgIpc) is 3.16. The topological polar surface area (TPSA) is 69.3 Å². The number of carbonyl (C=O) groups excluding carboxylic acids is 2. The zero-order valence-corrected chi connectivity index (χ0v) is 15.5. The maximum atomic E-state index is 13.3. The van der Waals surface area contributed by atoms with E-state index >= 15 is 0 Å². The molecule has 1 spiro atoms. The number of benzene rings is 1. The molecule has 1 saturated heterocycles. The molecule has 2 amide bonds. The zero-order valence-electron chi connectivity index (χ0n) is 15.5. The third-order valence-corrected chi connectivity index (χ3v) is 5.65. The number of piperidine rings is 1. The van der Waals surface area contributed by atoms with Crippen molar-refractivity contribution in [2.75, 3.05) is 18.0 Å². The lowest BCUT2D eigenvalue weighted by atomic mass is 9.73. The second-order valence-electron chi connectivity index (χ2n) is 7.60. The van der Waals surface area contributed by atoms with E-state index in [2.05, 4.69) is 16.3 Å². The number of aryl methyl sites for hydroxylation is 1. The molecule has 2 aliphatic heterocycles. The molecular formula is C20H24N4O2. The van der Waals surface area contributed by atoms with E-state index in [4.69, 9.17) is 0 Å². The smallest absolute Gasteiger partial charge is 0.274 e. The van der Waals surface area contributed by atoms with E-state index in [0.29, 0.717) is 31.6 Å². The van der Waals surface area contributed by atoms with Crippen LogP contribution < -0.4 is 4.90 Å². The fourth-order valence-electron chi connectivity index (χ4n) is 4.32. The predicted octanol–water partition coefficient (Wildman–Crippen LogP) is 2.65. The van der Waals surface area contributed by atoms with E-state index in [-0.39, 0.29) is 17.9 Å². The number of aromatic nitrogens is 2. The first kappa shape index (κ1) is 16.8. The molecule has 1 aromatic carbocycles. The number of amides is 2. The highest BCUT2D eigenvalue weighted by Gasteiger charge is 2.52. The lowest BCUT2D eigenvalue weighted by molar-refractivity contribution is -0.125. The fraction of sp³-hybridized carbons (Fsp3) is 0.450. The second-order valence-corrected chi connectivity index (χ2v) is 7.60. The van der Waals surface area contributed by atoms with Gasteiger partial charge in [0.05, 0.1) is 5.41 Å². The molecule has 1 N–H and O–H groups in total. The van der Waals surface area contributed by atoms with E-state index in [1.54, 1.807) is 6.07 Å². The molecule has 2 aromatic rings. The molecule has 26 heavy (non-hydrogen) atoms. The Labute approximate surface area is 153 Å². The van der Waals surface area contributed by atoms with Gasteiger partial charge in [-0.3, -0.25) is 14.7 Å². The van der Waals surface area contributed by atoms with Gasteiger partial charge in [0.1, 0.15) is 5.69 Å². The molecule has 2 aliphatic rings. The minimum absolute atomic E-state index is 0.0661. The predicted molar refractivity (Wildman–Crippen MR) is 99.2 cm³/mol. The van der Waals surface area contributed by atoms with Gasteiger partial charge in [-0.2, -0.15) is 5.10 Å². The number of rotatable bonds is 2. The molecule has 1 fully saturated rings. The number of fused-ring (bicyclic) bond motifs is 2. The lowest BCUT2D eigenvalue weighted by Crippen LogP contribution is -2.51. The third kappa shape index (κ3) is 2.35. The number of anilines is 1. The number of carbonyl (C=O) groups is 2. The SMILES string of the molecule is Cc1cc(C(=O)N2CCC3(CC2)C(=O)N(C(C)C)c2ccccc23)n[nH]1. The number of H-pyrrole nitrogens is 1. The monoisotopic (exact) mass is 352 g/mol. The highest BCUT2D eigenvalue weighted by Crippen LogP contribution is 2.48. The van der Waals surface area contributed by atoms with Crippen LogP contribution in [0.2, 0.25) is 0 Å². The molecule has 3 heterocycles. The van der Waals surface area contributed by atoms with Crippen LogP contribution in [0.5, 0.6) is 0 Å². The van der Waals surface area contributed by atoms with Crippen LogP contribution in [0.1, 0.15) is 48.4 Å². The summed E-state index contributed by atoms with van der Waals surface area (Å²) in [5, 5.41) is 6.89. The van der Waals surface area contributed by atoms with Gasteiger partial charge in [-0.15, -0.1) is 0 Å². The molecule has 0 saturated carbocycles. The summed E-state index contributed by atoms with van der Waals surface area (Å²) in [6.45, 7) is 7.11. The van der Waals surface area contributed by atoms with Gasteiger partial charge in [-0.1, -0.05) is 18.2 Å². The van der Waals surface area contributed by atoms with Gasteiger partial charge in [0.25, 0.3) is 5.91 Å². The largest absolute Gasteiger partial charge is 0.337 e. The summed E-state index contributed by atoms with van der Waals surface area (Å²) in [6.07, 6.45) is 1.31. The summed E-state index contributed by atoms with van der Waals surface area (Å²) in [5.74, 6) is 0.111. The summed E-state index contributed by atoms with van der Waals surface area (Å²) < 4.78 is 0. The standard InChI is InChI=1S/C20H24N4O2/c1-13(2)24-17-7-5-4-6-15(17)20(19(24)26)8-10-23(11-9-20)18(25)16-12-14(3)21-22-16/h4-7,12-13H,8-11H2,1-3H3,(H,21,22). The van der Waals surface area contributed by atoms with Crippen LogP contribution in [0.3, 0.4) is 0 Å². The Balaban J connectivity index is 1.60. The molecule has 0 bridgehead atoms. The van der Waals surface area contributed by atoms with Crippen molar-refractivity contribution in [2.45, 2.75) is 45.1 Å². The van der Waals surface area contributed by atoms with Crippen molar-refractivity contribution >= 4 is 17.5 Å². The highest BCUT2D eigenvalue weighted by molar-refractivity contribution is 6.08. The van der Waals surface area contributed by atoms with E-state index in [1.165, 1.54) is 0 Å². The number of likely N-dealkylation sites (tertiary alicyclic amines) is 1. The van der Waals surface area contributed by atoms with Crippen LogP contribution in [0.25, 0.3) is 0 Å². The van der Waals surface area contributed by atoms with Crippen molar-refractivity contribution in [3.63, 3.8) is 0 Å². The van der Waals surface area contributed by atoms with Crippen LogP contribution >= 0.6 is 0 Å². The van der Waals surface area contributed by atoms with Gasteiger partial charge in [-0.05, 0) is 51.3 Å². The summed E-state index contributed by atoms with van der Waals surface area (Å²) in [4.78, 5) is 29.7. The van der Waals surface area contributed by atoms with E-state index < -0.39 is 5.41 Å². The Kier molecular flexibility index (Phi) is 3.86. The molecule has 4 rings (SSSR count). The molecule has 6 heteroatoms. The van der Waals surface area contributed by atoms with Crippen LogP contribution in [0.15, 0.2) is 30.3 Å². The minimum atomic E-state index is -0.501. The first-order valence-electron chi connectivity index (χ1n) is 9.18. The Morgan fingerprint density at radius 1 is 1.23 bits per heavy atom. The summed E-state index contributed by atoms with van der Waals surface area (Å²) in [7, 11) is 0. The molecule has 136 valence electrons. The number of hydrogen-bond donors (Lipinski definition) is 1. The summed E-state index contributed by atoms with van der Waals surface area (Å²) in [5.41, 5.74) is 2.95. The lowest BCUT2D eigenvalue weighted by Gasteiger charge is -2.38. The van der Waals surface area contributed by atoms with Crippen LogP contribution in [0.4, 0.5) is 5.69 Å². The molecular weight excluding hydrogens is 328 g/mol. The average molecular weight is 352 g/mol. The van der Waals surface area contributed by atoms with Crippen molar-refractivity contribution < 1.29 is 9.59 Å². The fourth-order valence-corrected chi connectivity index (χ4v) is 4.32. The maximum absolute atomic E-state index is 13.3. The van der Waals surface area contributed by atoms with Crippen molar-refractivity contribution in [3.8, 4) is 0 Å². The van der Waals surface area contributed by atoms with Gasteiger partial charge in [-0.25, -0.2) is 0 Å². The van der Waals surface area contributed by atoms with Crippen molar-refractivity contribution in [1.29, 1.82) is 0 Å². The number of hydrogen-bond acceptors (Lipinski definition) is 3. The van der Waals surface area contributed by atoms with Crippen LogP contribution in [0, 0.1) is 6.92 Å². The normalized spacial score (nSPS) is 18.7. The minimum Gasteiger partial charge on any atom is -0.337 e. The third-order valence-electron chi connectivity index (χ3n) is 5.65. The van der Waals surface area contributed by atoms with E-state index in [1.807, 2.05) is 48.8 Å². The van der Waals surface area contributed by atoms with E-state index in [0.717, 1.165) is 16.9 Å². The van der Waals surface area contributed by atoms with Crippen LogP contribution in [-0.2, 0) is 10.2 Å². The van der Waals surface area contributed by atoms with Gasteiger partial charge >= 0.3 is 0 Å². The number of aromatic amines is 1. The highest BCUT2D eigenvalue weighted by atomic mass is 16.2.